The second kappa shape index (κ2) is 4.49. The zero-order chi connectivity index (χ0) is 11.8. The fourth-order valence-electron chi connectivity index (χ4n) is 2.63. The molecule has 1 saturated carbocycles. The number of aromatic nitrogens is 2. The molecule has 0 saturated heterocycles. The van der Waals surface area contributed by atoms with Gasteiger partial charge in [-0.15, -0.1) is 0 Å². The average molecular weight is 286 g/mol. The summed E-state index contributed by atoms with van der Waals surface area (Å²) >= 11 is 3.63. The first-order chi connectivity index (χ1) is 7.56. The Kier molecular flexibility index (Phi) is 3.40. The smallest absolute Gasteiger partial charge is 0.0738 e. The van der Waals surface area contributed by atoms with Crippen LogP contribution in [-0.2, 0) is 13.0 Å². The van der Waals surface area contributed by atoms with Crippen molar-refractivity contribution in [3.05, 3.63) is 15.9 Å². The highest BCUT2D eigenvalue weighted by Crippen LogP contribution is 2.33. The summed E-state index contributed by atoms with van der Waals surface area (Å²) in [7, 11) is 0. The lowest BCUT2D eigenvalue weighted by molar-refractivity contribution is 0.418. The first-order valence-electron chi connectivity index (χ1n) is 6.06. The maximum Gasteiger partial charge on any atom is 0.0738 e. The van der Waals surface area contributed by atoms with Gasteiger partial charge in [0.2, 0.25) is 0 Å². The second-order valence-corrected chi connectivity index (χ2v) is 5.70. The molecule has 1 heterocycles. The molecule has 90 valence electrons. The van der Waals surface area contributed by atoms with Gasteiger partial charge in [0.1, 0.15) is 0 Å². The van der Waals surface area contributed by atoms with Crippen LogP contribution in [0, 0.1) is 6.92 Å². The Hall–Kier alpha value is -0.350. The van der Waals surface area contributed by atoms with E-state index in [1.54, 1.807) is 0 Å². The van der Waals surface area contributed by atoms with Crippen molar-refractivity contribution < 1.29 is 0 Å². The topological polar surface area (TPSA) is 43.8 Å². The van der Waals surface area contributed by atoms with E-state index in [1.807, 2.05) is 6.92 Å². The highest BCUT2D eigenvalue weighted by molar-refractivity contribution is 9.10. The Balaban J connectivity index is 2.26. The van der Waals surface area contributed by atoms with Crippen molar-refractivity contribution in [1.82, 2.24) is 9.78 Å². The molecule has 0 atom stereocenters. The van der Waals surface area contributed by atoms with Crippen LogP contribution in [0.1, 0.15) is 44.0 Å². The number of rotatable bonds is 3. The van der Waals surface area contributed by atoms with Crippen molar-refractivity contribution in [2.75, 3.05) is 0 Å². The first-order valence-corrected chi connectivity index (χ1v) is 6.86. The molecule has 0 amide bonds. The number of aryl methyl sites for hydroxylation is 2. The number of nitrogens with zero attached hydrogens (tertiary/aromatic N) is 2. The molecule has 1 aromatic rings. The largest absolute Gasteiger partial charge is 0.325 e. The Labute approximate surface area is 106 Å². The van der Waals surface area contributed by atoms with Crippen molar-refractivity contribution in [3.63, 3.8) is 0 Å². The van der Waals surface area contributed by atoms with Crippen LogP contribution in [0.2, 0.25) is 0 Å². The molecule has 1 aliphatic rings. The standard InChI is InChI=1S/C12H20BrN3/c1-3-16-10(11(13)9(2)15-16)8-12(14)6-4-5-7-12/h3-8,14H2,1-2H3. The highest BCUT2D eigenvalue weighted by atomic mass is 79.9. The minimum absolute atomic E-state index is 0.00190. The maximum atomic E-state index is 6.43. The van der Waals surface area contributed by atoms with Gasteiger partial charge in [-0.3, -0.25) is 4.68 Å². The van der Waals surface area contributed by atoms with Crippen LogP contribution < -0.4 is 5.73 Å². The monoisotopic (exact) mass is 285 g/mol. The maximum absolute atomic E-state index is 6.43. The van der Waals surface area contributed by atoms with Gasteiger partial charge >= 0.3 is 0 Å². The van der Waals surface area contributed by atoms with E-state index >= 15 is 0 Å². The summed E-state index contributed by atoms with van der Waals surface area (Å²) in [5.41, 5.74) is 8.77. The summed E-state index contributed by atoms with van der Waals surface area (Å²) in [6, 6.07) is 0. The van der Waals surface area contributed by atoms with E-state index in [1.165, 1.54) is 18.5 Å². The van der Waals surface area contributed by atoms with E-state index < -0.39 is 0 Å². The minimum Gasteiger partial charge on any atom is -0.325 e. The number of halogens is 1. The van der Waals surface area contributed by atoms with E-state index in [0.29, 0.717) is 0 Å². The first kappa shape index (κ1) is 12.1. The summed E-state index contributed by atoms with van der Waals surface area (Å²) < 4.78 is 3.22. The Morgan fingerprint density at radius 1 is 1.44 bits per heavy atom. The molecule has 0 spiro atoms. The molecule has 1 fully saturated rings. The number of hydrogen-bond acceptors (Lipinski definition) is 2. The quantitative estimate of drug-likeness (QED) is 0.928. The Morgan fingerprint density at radius 2 is 2.06 bits per heavy atom. The molecule has 0 bridgehead atoms. The van der Waals surface area contributed by atoms with Gasteiger partial charge in [-0.1, -0.05) is 12.8 Å². The molecule has 2 N–H and O–H groups in total. The van der Waals surface area contributed by atoms with E-state index in [4.69, 9.17) is 5.73 Å². The SMILES string of the molecule is CCn1nc(C)c(Br)c1CC1(N)CCCC1. The summed E-state index contributed by atoms with van der Waals surface area (Å²) in [6.45, 7) is 5.08. The van der Waals surface area contributed by atoms with Crippen LogP contribution in [-0.4, -0.2) is 15.3 Å². The van der Waals surface area contributed by atoms with Crippen LogP contribution in [0.3, 0.4) is 0 Å². The van der Waals surface area contributed by atoms with Gasteiger partial charge in [-0.05, 0) is 42.6 Å². The van der Waals surface area contributed by atoms with Gasteiger partial charge in [0.15, 0.2) is 0 Å². The molecule has 0 aromatic carbocycles. The highest BCUT2D eigenvalue weighted by Gasteiger charge is 2.31. The van der Waals surface area contributed by atoms with Crippen LogP contribution in [0.5, 0.6) is 0 Å². The molecule has 0 aliphatic heterocycles. The van der Waals surface area contributed by atoms with Crippen molar-refractivity contribution in [1.29, 1.82) is 0 Å². The van der Waals surface area contributed by atoms with Crippen molar-refractivity contribution in [2.24, 2.45) is 5.73 Å². The second-order valence-electron chi connectivity index (χ2n) is 4.91. The number of nitrogens with two attached hydrogens (primary N) is 1. The Morgan fingerprint density at radius 3 is 2.62 bits per heavy atom. The molecule has 3 nitrogen and oxygen atoms in total. The predicted octanol–water partition coefficient (Wildman–Crippen LogP) is 2.79. The molecule has 1 aromatic heterocycles. The zero-order valence-corrected chi connectivity index (χ0v) is 11.7. The zero-order valence-electron chi connectivity index (χ0n) is 10.1. The Bertz CT molecular complexity index is 378. The molecule has 16 heavy (non-hydrogen) atoms. The molecule has 0 unspecified atom stereocenters. The van der Waals surface area contributed by atoms with Crippen molar-refractivity contribution in [2.45, 2.75) is 58.0 Å². The third kappa shape index (κ3) is 2.18. The molecular weight excluding hydrogens is 266 g/mol. The lowest BCUT2D eigenvalue weighted by atomic mass is 9.93. The summed E-state index contributed by atoms with van der Waals surface area (Å²) in [4.78, 5) is 0. The fourth-order valence-corrected chi connectivity index (χ4v) is 3.05. The van der Waals surface area contributed by atoms with Crippen LogP contribution in [0.15, 0.2) is 4.47 Å². The average Bonchev–Trinajstić information content (AvgIpc) is 2.78. The third-order valence-corrected chi connectivity index (χ3v) is 4.60. The van der Waals surface area contributed by atoms with Gasteiger partial charge < -0.3 is 5.73 Å². The summed E-state index contributed by atoms with van der Waals surface area (Å²) in [5.74, 6) is 0. The minimum atomic E-state index is 0.00190. The van der Waals surface area contributed by atoms with Crippen molar-refractivity contribution in [3.8, 4) is 0 Å². The normalized spacial score (nSPS) is 19.2. The summed E-state index contributed by atoms with van der Waals surface area (Å²) in [5, 5.41) is 4.52. The summed E-state index contributed by atoms with van der Waals surface area (Å²) in [6.07, 6.45) is 5.78. The lowest BCUT2D eigenvalue weighted by Gasteiger charge is -2.24. The van der Waals surface area contributed by atoms with Gasteiger partial charge in [-0.2, -0.15) is 5.10 Å². The molecule has 2 rings (SSSR count). The van der Waals surface area contributed by atoms with E-state index in [0.717, 1.165) is 36.0 Å². The molecular formula is C12H20BrN3. The van der Waals surface area contributed by atoms with Gasteiger partial charge in [-0.25, -0.2) is 0 Å². The van der Waals surface area contributed by atoms with Crippen LogP contribution in [0.4, 0.5) is 0 Å². The lowest BCUT2D eigenvalue weighted by Crippen LogP contribution is -2.39. The number of hydrogen-bond donors (Lipinski definition) is 1. The molecule has 0 radical (unpaired) electrons. The third-order valence-electron chi connectivity index (χ3n) is 3.57. The molecule has 1 aliphatic carbocycles. The fraction of sp³-hybridized carbons (Fsp3) is 0.750. The molecule has 4 heteroatoms. The van der Waals surface area contributed by atoms with E-state index in [-0.39, 0.29) is 5.54 Å². The van der Waals surface area contributed by atoms with Gasteiger partial charge in [0, 0.05) is 18.5 Å². The van der Waals surface area contributed by atoms with E-state index in [2.05, 4.69) is 32.6 Å². The van der Waals surface area contributed by atoms with Gasteiger partial charge in [0.25, 0.3) is 0 Å². The van der Waals surface area contributed by atoms with E-state index in [9.17, 15) is 0 Å². The van der Waals surface area contributed by atoms with Crippen molar-refractivity contribution >= 4 is 15.9 Å². The predicted molar refractivity (Wildman–Crippen MR) is 69.4 cm³/mol. The van der Waals surface area contributed by atoms with Crippen LogP contribution >= 0.6 is 15.9 Å². The van der Waals surface area contributed by atoms with Gasteiger partial charge in [0.05, 0.1) is 15.9 Å². The van der Waals surface area contributed by atoms with Crippen LogP contribution in [0.25, 0.3) is 0 Å².